The van der Waals surface area contributed by atoms with E-state index in [1.165, 1.54) is 18.2 Å². The summed E-state index contributed by atoms with van der Waals surface area (Å²) in [4.78, 5) is 27.8. The van der Waals surface area contributed by atoms with Crippen molar-refractivity contribution in [3.8, 4) is 18.2 Å². The van der Waals surface area contributed by atoms with E-state index in [2.05, 4.69) is 0 Å². The van der Waals surface area contributed by atoms with Crippen LogP contribution >= 0.6 is 0 Å². The fourth-order valence-electron chi connectivity index (χ4n) is 0.194. The van der Waals surface area contributed by atoms with Crippen LogP contribution in [0.5, 0.6) is 0 Å². The molecule has 0 heterocycles. The molecule has 0 aliphatic heterocycles. The Bertz CT molecular complexity index is 342. The van der Waals surface area contributed by atoms with E-state index >= 15 is 0 Å². The molecule has 0 N–H and O–H groups in total. The maximum Gasteiger partial charge on any atom is 3.00 e. The van der Waals surface area contributed by atoms with Crippen LogP contribution in [0.3, 0.4) is 0 Å². The molecule has 96 valence electrons. The Hall–Kier alpha value is -2.48. The molecule has 0 aromatic heterocycles. The van der Waals surface area contributed by atoms with E-state index < -0.39 is 37.2 Å². The Morgan fingerprint density at radius 1 is 0.684 bits per heavy atom. The number of carboxylic acids is 3. The standard InChI is InChI=1S/3C3H3NO2.Ga/c3*4-2-1-3(5)6;/h3*1H2,(H,5,6);/q;;;+3/p-3. The number of carbonyl (C=O) groups is 3. The first kappa shape index (κ1) is 25.4. The molecular formula is C9H6GaN3O6. The zero-order chi connectivity index (χ0) is 15.0. The summed E-state index contributed by atoms with van der Waals surface area (Å²) in [6.45, 7) is 0. The molecule has 0 aromatic rings. The first-order valence-electron chi connectivity index (χ1n) is 4.02. The van der Waals surface area contributed by atoms with Gasteiger partial charge < -0.3 is 29.7 Å². The van der Waals surface area contributed by atoms with Crippen LogP contribution in [0.25, 0.3) is 0 Å². The summed E-state index contributed by atoms with van der Waals surface area (Å²) in [5.74, 6) is -3.97. The summed E-state index contributed by atoms with van der Waals surface area (Å²) in [5, 5.41) is 50.5. The summed E-state index contributed by atoms with van der Waals surface area (Å²) >= 11 is 0. The van der Waals surface area contributed by atoms with Crippen LogP contribution in [0.15, 0.2) is 0 Å². The minimum Gasteiger partial charge on any atom is -0.549 e. The van der Waals surface area contributed by atoms with E-state index in [4.69, 9.17) is 15.8 Å². The average Bonchev–Trinajstić information content (AvgIpc) is 2.18. The van der Waals surface area contributed by atoms with Crippen molar-refractivity contribution in [3.63, 3.8) is 0 Å². The van der Waals surface area contributed by atoms with E-state index in [0.29, 0.717) is 0 Å². The predicted octanol–water partition coefficient (Wildman–Crippen LogP) is -4.43. The first-order chi connectivity index (χ1) is 8.31. The second kappa shape index (κ2) is 20.9. The Morgan fingerprint density at radius 2 is 0.842 bits per heavy atom. The van der Waals surface area contributed by atoms with Crippen LogP contribution in [0.1, 0.15) is 19.3 Å². The molecule has 0 spiro atoms. The average molecular weight is 322 g/mol. The molecular weight excluding hydrogens is 316 g/mol. The van der Waals surface area contributed by atoms with E-state index in [0.717, 1.165) is 0 Å². The molecule has 0 aromatic carbocycles. The fraction of sp³-hybridized carbons (Fsp3) is 0.333. The smallest absolute Gasteiger partial charge is 0.549 e. The molecule has 0 unspecified atom stereocenters. The SMILES string of the molecule is N#CCC(=O)[O-].N#CCC(=O)[O-].N#CCC(=O)[O-].[Ga+3]. The second-order valence-electron chi connectivity index (χ2n) is 2.12. The maximum atomic E-state index is 9.27. The molecule has 19 heavy (non-hydrogen) atoms. The zero-order valence-corrected chi connectivity index (χ0v) is 11.9. The second-order valence-corrected chi connectivity index (χ2v) is 2.12. The van der Waals surface area contributed by atoms with Gasteiger partial charge in [-0.3, -0.25) is 0 Å². The molecule has 0 atom stereocenters. The minimum absolute atomic E-state index is 0. The summed E-state index contributed by atoms with van der Waals surface area (Å²) < 4.78 is 0. The monoisotopic (exact) mass is 321 g/mol. The van der Waals surface area contributed by atoms with Crippen LogP contribution in [0, 0.1) is 34.0 Å². The summed E-state index contributed by atoms with van der Waals surface area (Å²) in [5.41, 5.74) is 0. The number of carboxylic acid groups (broad SMARTS) is 3. The Kier molecular flexibility index (Phi) is 27.9. The zero-order valence-electron chi connectivity index (χ0n) is 9.49. The van der Waals surface area contributed by atoms with E-state index in [-0.39, 0.29) is 19.8 Å². The predicted molar refractivity (Wildman–Crippen MR) is 51.5 cm³/mol. The van der Waals surface area contributed by atoms with Crippen molar-refractivity contribution in [2.75, 3.05) is 0 Å². The van der Waals surface area contributed by atoms with Gasteiger partial charge in [-0.25, -0.2) is 0 Å². The molecule has 0 radical (unpaired) electrons. The van der Waals surface area contributed by atoms with Crippen LogP contribution < -0.4 is 15.3 Å². The van der Waals surface area contributed by atoms with Gasteiger partial charge in [0.1, 0.15) is 0 Å². The number of nitrogens with zero attached hydrogens (tertiary/aromatic N) is 3. The van der Waals surface area contributed by atoms with Crippen molar-refractivity contribution >= 4 is 37.7 Å². The van der Waals surface area contributed by atoms with Gasteiger partial charge in [-0.1, -0.05) is 0 Å². The van der Waals surface area contributed by atoms with E-state index in [1.54, 1.807) is 0 Å². The molecule has 0 aliphatic rings. The number of rotatable bonds is 3. The summed E-state index contributed by atoms with van der Waals surface area (Å²) in [6, 6.07) is 4.22. The van der Waals surface area contributed by atoms with Gasteiger partial charge in [0.15, 0.2) is 0 Å². The molecule has 0 bridgehead atoms. The Morgan fingerprint density at radius 3 is 0.842 bits per heavy atom. The van der Waals surface area contributed by atoms with Crippen molar-refractivity contribution in [2.24, 2.45) is 0 Å². The van der Waals surface area contributed by atoms with Crippen molar-refractivity contribution < 1.29 is 29.7 Å². The van der Waals surface area contributed by atoms with Gasteiger partial charge in [0.2, 0.25) is 0 Å². The number of hydrogen-bond donors (Lipinski definition) is 0. The molecule has 9 nitrogen and oxygen atoms in total. The number of hydrogen-bond acceptors (Lipinski definition) is 9. The van der Waals surface area contributed by atoms with Crippen LogP contribution in [0.2, 0.25) is 0 Å². The first-order valence-corrected chi connectivity index (χ1v) is 4.02. The molecule has 0 aliphatic carbocycles. The van der Waals surface area contributed by atoms with Gasteiger partial charge >= 0.3 is 19.8 Å². The van der Waals surface area contributed by atoms with Gasteiger partial charge in [-0.05, 0) is 0 Å². The summed E-state index contributed by atoms with van der Waals surface area (Å²) in [6.07, 6.45) is -1.54. The third kappa shape index (κ3) is 66.8. The minimum atomic E-state index is -1.32. The Balaban J connectivity index is -0.0000000865. The molecule has 0 amide bonds. The van der Waals surface area contributed by atoms with Crippen LogP contribution in [0.4, 0.5) is 0 Å². The van der Waals surface area contributed by atoms with Gasteiger partial charge in [0.25, 0.3) is 0 Å². The molecule has 10 heteroatoms. The maximum absolute atomic E-state index is 9.27. The van der Waals surface area contributed by atoms with Crippen LogP contribution in [-0.4, -0.2) is 37.7 Å². The third-order valence-corrected chi connectivity index (χ3v) is 0.670. The molecule has 0 saturated carbocycles. The Labute approximate surface area is 121 Å². The number of aliphatic carboxylic acids is 3. The topological polar surface area (TPSA) is 192 Å². The number of nitriles is 3. The van der Waals surface area contributed by atoms with Gasteiger partial charge in [-0.2, -0.15) is 15.8 Å². The van der Waals surface area contributed by atoms with E-state index in [9.17, 15) is 29.7 Å². The van der Waals surface area contributed by atoms with Crippen LogP contribution in [-0.2, 0) is 14.4 Å². The fourth-order valence-corrected chi connectivity index (χ4v) is 0.194. The van der Waals surface area contributed by atoms with Gasteiger partial charge in [-0.15, -0.1) is 0 Å². The quantitative estimate of drug-likeness (QED) is 0.461. The van der Waals surface area contributed by atoms with Gasteiger partial charge in [0, 0.05) is 0 Å². The van der Waals surface area contributed by atoms with Crippen molar-refractivity contribution in [1.29, 1.82) is 15.8 Å². The van der Waals surface area contributed by atoms with Crippen molar-refractivity contribution in [1.82, 2.24) is 0 Å². The van der Waals surface area contributed by atoms with E-state index in [1.807, 2.05) is 0 Å². The number of carbonyl (C=O) groups excluding carboxylic acids is 3. The van der Waals surface area contributed by atoms with Crippen molar-refractivity contribution in [3.05, 3.63) is 0 Å². The largest absolute Gasteiger partial charge is 3.00 e. The molecule has 0 saturated heterocycles. The molecule has 0 fully saturated rings. The van der Waals surface area contributed by atoms with Gasteiger partial charge in [0.05, 0.1) is 55.4 Å². The normalized spacial score (nSPS) is 6.16. The van der Waals surface area contributed by atoms with Crippen molar-refractivity contribution in [2.45, 2.75) is 19.3 Å². The molecule has 0 rings (SSSR count). The summed E-state index contributed by atoms with van der Waals surface area (Å²) in [7, 11) is 0. The third-order valence-electron chi connectivity index (χ3n) is 0.670.